The Morgan fingerprint density at radius 3 is 2.83 bits per heavy atom. The lowest BCUT2D eigenvalue weighted by Crippen LogP contribution is -2.32. The Hall–Kier alpha value is -1.62. The first-order valence-electron chi connectivity index (χ1n) is 6.43. The number of nitrogens with one attached hydrogen (secondary N) is 1. The molecule has 2 heterocycles. The van der Waals surface area contributed by atoms with Crippen LogP contribution >= 0.6 is 0 Å². The summed E-state index contributed by atoms with van der Waals surface area (Å²) in [6.07, 6.45) is 9.67. The predicted octanol–water partition coefficient (Wildman–Crippen LogP) is 1.84. The van der Waals surface area contributed by atoms with E-state index in [0.29, 0.717) is 12.1 Å². The molecule has 0 aromatic carbocycles. The summed E-state index contributed by atoms with van der Waals surface area (Å²) in [6, 6.07) is 0.697. The van der Waals surface area contributed by atoms with E-state index in [1.807, 2.05) is 23.4 Å². The van der Waals surface area contributed by atoms with Gasteiger partial charge in [0.2, 0.25) is 0 Å². The zero-order valence-corrected chi connectivity index (χ0v) is 11.2. The molecule has 5 heteroatoms. The molecule has 1 N–H and O–H groups in total. The summed E-state index contributed by atoms with van der Waals surface area (Å²) in [5.41, 5.74) is 1.23. The van der Waals surface area contributed by atoms with Crippen molar-refractivity contribution >= 4 is 0 Å². The quantitative estimate of drug-likeness (QED) is 0.847. The summed E-state index contributed by atoms with van der Waals surface area (Å²) >= 11 is 0. The van der Waals surface area contributed by atoms with Gasteiger partial charge in [0.1, 0.15) is 0 Å². The molecule has 2 aromatic rings. The first kappa shape index (κ1) is 12.8. The lowest BCUT2D eigenvalue weighted by molar-refractivity contribution is 0.430. The van der Waals surface area contributed by atoms with Crippen molar-refractivity contribution < 1.29 is 0 Å². The molecule has 0 amide bonds. The molecule has 0 fully saturated rings. The Morgan fingerprint density at radius 2 is 2.22 bits per heavy atom. The topological polar surface area (TPSA) is 47.7 Å². The minimum atomic E-state index is 0.309. The zero-order valence-electron chi connectivity index (χ0n) is 11.2. The Bertz CT molecular complexity index is 459. The number of aryl methyl sites for hydroxylation is 1. The van der Waals surface area contributed by atoms with Crippen LogP contribution in [0.2, 0.25) is 0 Å². The second-order valence-corrected chi connectivity index (χ2v) is 4.68. The molecule has 0 aliphatic rings. The van der Waals surface area contributed by atoms with E-state index >= 15 is 0 Å². The van der Waals surface area contributed by atoms with Crippen LogP contribution in [0.25, 0.3) is 0 Å². The molecule has 98 valence electrons. The van der Waals surface area contributed by atoms with Crippen LogP contribution in [0.15, 0.2) is 31.1 Å². The highest BCUT2D eigenvalue weighted by atomic mass is 15.3. The van der Waals surface area contributed by atoms with Crippen LogP contribution < -0.4 is 5.32 Å². The van der Waals surface area contributed by atoms with E-state index in [1.165, 1.54) is 5.56 Å². The van der Waals surface area contributed by atoms with Crippen molar-refractivity contribution in [3.05, 3.63) is 36.7 Å². The first-order chi connectivity index (χ1) is 8.69. The van der Waals surface area contributed by atoms with Crippen LogP contribution in [0.4, 0.5) is 0 Å². The smallest absolute Gasteiger partial charge is 0.0946 e. The van der Waals surface area contributed by atoms with E-state index in [9.17, 15) is 0 Å². The van der Waals surface area contributed by atoms with E-state index in [-0.39, 0.29) is 0 Å². The number of rotatable bonds is 6. The fourth-order valence-corrected chi connectivity index (χ4v) is 2.06. The van der Waals surface area contributed by atoms with Crippen molar-refractivity contribution in [3.8, 4) is 0 Å². The maximum Gasteiger partial charge on any atom is 0.0946 e. The minimum absolute atomic E-state index is 0.309. The molecule has 2 unspecified atom stereocenters. The van der Waals surface area contributed by atoms with Crippen LogP contribution in [0, 0.1) is 0 Å². The molecule has 5 nitrogen and oxygen atoms in total. The summed E-state index contributed by atoms with van der Waals surface area (Å²) in [7, 11) is 0. The highest BCUT2D eigenvalue weighted by Crippen LogP contribution is 2.12. The molecule has 0 saturated carbocycles. The molecule has 0 aliphatic carbocycles. The van der Waals surface area contributed by atoms with Gasteiger partial charge in [0.05, 0.1) is 12.5 Å². The van der Waals surface area contributed by atoms with Crippen molar-refractivity contribution in [2.45, 2.75) is 45.9 Å². The third-order valence-corrected chi connectivity index (χ3v) is 3.06. The standard InChI is InChI=1S/C13H21N5/c1-4-18-9-13(7-15-18)12(3)16-11(2)8-17-6-5-14-10-17/h5-7,9-12,16H,4,8H2,1-3H3. The second-order valence-electron chi connectivity index (χ2n) is 4.68. The number of aromatic nitrogens is 4. The van der Waals surface area contributed by atoms with Crippen LogP contribution in [0.5, 0.6) is 0 Å². The van der Waals surface area contributed by atoms with Crippen molar-refractivity contribution in [3.63, 3.8) is 0 Å². The SMILES string of the molecule is CCn1cc(C(C)NC(C)Cn2ccnc2)cn1. The molecule has 0 bridgehead atoms. The average Bonchev–Trinajstić information content (AvgIpc) is 2.98. The van der Waals surface area contributed by atoms with Gasteiger partial charge in [0.15, 0.2) is 0 Å². The molecule has 2 atom stereocenters. The van der Waals surface area contributed by atoms with Crippen molar-refractivity contribution in [2.24, 2.45) is 0 Å². The van der Waals surface area contributed by atoms with Crippen LogP contribution in [-0.4, -0.2) is 25.4 Å². The van der Waals surface area contributed by atoms with Gasteiger partial charge in [0, 0.05) is 49.3 Å². The third kappa shape index (κ3) is 3.20. The number of nitrogens with zero attached hydrogens (tertiary/aromatic N) is 4. The van der Waals surface area contributed by atoms with E-state index in [4.69, 9.17) is 0 Å². The summed E-state index contributed by atoms with van der Waals surface area (Å²) in [6.45, 7) is 8.28. The van der Waals surface area contributed by atoms with Gasteiger partial charge < -0.3 is 9.88 Å². The summed E-state index contributed by atoms with van der Waals surface area (Å²) in [4.78, 5) is 4.05. The highest BCUT2D eigenvalue weighted by Gasteiger charge is 2.11. The number of imidazole rings is 1. The molecule has 2 aromatic heterocycles. The molecule has 2 rings (SSSR count). The lowest BCUT2D eigenvalue weighted by Gasteiger charge is -2.19. The summed E-state index contributed by atoms with van der Waals surface area (Å²) in [5.74, 6) is 0. The first-order valence-corrected chi connectivity index (χ1v) is 6.43. The normalized spacial score (nSPS) is 14.6. The monoisotopic (exact) mass is 247 g/mol. The van der Waals surface area contributed by atoms with E-state index < -0.39 is 0 Å². The van der Waals surface area contributed by atoms with Gasteiger partial charge in [-0.3, -0.25) is 4.68 Å². The van der Waals surface area contributed by atoms with Gasteiger partial charge in [-0.1, -0.05) is 0 Å². The van der Waals surface area contributed by atoms with E-state index in [2.05, 4.69) is 46.9 Å². The Morgan fingerprint density at radius 1 is 1.39 bits per heavy atom. The number of hydrogen-bond acceptors (Lipinski definition) is 3. The van der Waals surface area contributed by atoms with Gasteiger partial charge in [-0.2, -0.15) is 5.10 Å². The van der Waals surface area contributed by atoms with Crippen LogP contribution in [-0.2, 0) is 13.1 Å². The highest BCUT2D eigenvalue weighted by molar-refractivity contribution is 5.09. The van der Waals surface area contributed by atoms with E-state index in [1.54, 1.807) is 6.20 Å². The Balaban J connectivity index is 1.88. The lowest BCUT2D eigenvalue weighted by atomic mass is 10.1. The predicted molar refractivity (Wildman–Crippen MR) is 71.1 cm³/mol. The van der Waals surface area contributed by atoms with Crippen molar-refractivity contribution in [1.82, 2.24) is 24.6 Å². The van der Waals surface area contributed by atoms with E-state index in [0.717, 1.165) is 13.1 Å². The third-order valence-electron chi connectivity index (χ3n) is 3.06. The van der Waals surface area contributed by atoms with Crippen molar-refractivity contribution in [2.75, 3.05) is 0 Å². The van der Waals surface area contributed by atoms with Gasteiger partial charge in [-0.05, 0) is 20.8 Å². The zero-order chi connectivity index (χ0) is 13.0. The molecule has 0 spiro atoms. The molecule has 0 radical (unpaired) electrons. The fraction of sp³-hybridized carbons (Fsp3) is 0.538. The Kier molecular flexibility index (Phi) is 4.15. The van der Waals surface area contributed by atoms with Crippen molar-refractivity contribution in [1.29, 1.82) is 0 Å². The maximum absolute atomic E-state index is 4.30. The molecule has 0 saturated heterocycles. The molecule has 18 heavy (non-hydrogen) atoms. The van der Waals surface area contributed by atoms with Gasteiger partial charge in [-0.15, -0.1) is 0 Å². The second kappa shape index (κ2) is 5.82. The summed E-state index contributed by atoms with van der Waals surface area (Å²) < 4.78 is 4.04. The number of hydrogen-bond donors (Lipinski definition) is 1. The minimum Gasteiger partial charge on any atom is -0.336 e. The van der Waals surface area contributed by atoms with Gasteiger partial charge >= 0.3 is 0 Å². The van der Waals surface area contributed by atoms with Gasteiger partial charge in [-0.25, -0.2) is 4.98 Å². The fourth-order valence-electron chi connectivity index (χ4n) is 2.06. The Labute approximate surface area is 108 Å². The average molecular weight is 247 g/mol. The van der Waals surface area contributed by atoms with Gasteiger partial charge in [0.25, 0.3) is 0 Å². The molecule has 0 aliphatic heterocycles. The van der Waals surface area contributed by atoms with Crippen LogP contribution in [0.3, 0.4) is 0 Å². The summed E-state index contributed by atoms with van der Waals surface area (Å²) in [5, 5.41) is 7.87. The molecular weight excluding hydrogens is 226 g/mol. The molecular formula is C13H21N5. The largest absolute Gasteiger partial charge is 0.336 e. The van der Waals surface area contributed by atoms with Crippen LogP contribution in [0.1, 0.15) is 32.4 Å². The maximum atomic E-state index is 4.30.